The first-order chi connectivity index (χ1) is 15.9. The van der Waals surface area contributed by atoms with E-state index in [0.717, 1.165) is 5.56 Å². The van der Waals surface area contributed by atoms with Crippen LogP contribution >= 0.6 is 11.6 Å². The van der Waals surface area contributed by atoms with E-state index in [4.69, 9.17) is 16.3 Å². The van der Waals surface area contributed by atoms with Gasteiger partial charge in [0.05, 0.1) is 18.8 Å². The number of benzene rings is 3. The van der Waals surface area contributed by atoms with E-state index in [1.807, 2.05) is 24.3 Å². The summed E-state index contributed by atoms with van der Waals surface area (Å²) < 4.78 is 5.74. The van der Waals surface area contributed by atoms with E-state index in [1.165, 1.54) is 0 Å². The highest BCUT2D eigenvalue weighted by molar-refractivity contribution is 6.31. The number of anilines is 2. The molecule has 1 heterocycles. The molecular weight excluding hydrogens is 442 g/mol. The Labute approximate surface area is 196 Å². The summed E-state index contributed by atoms with van der Waals surface area (Å²) in [5.41, 5.74) is 2.27. The smallest absolute Gasteiger partial charge is 0.268 e. The summed E-state index contributed by atoms with van der Waals surface area (Å²) in [6, 6.07) is 21.0. The van der Waals surface area contributed by atoms with Crippen LogP contribution < -0.4 is 20.3 Å². The molecule has 1 unspecified atom stereocenters. The quantitative estimate of drug-likeness (QED) is 0.578. The summed E-state index contributed by atoms with van der Waals surface area (Å²) in [5.74, 6) is -0.408. The van der Waals surface area contributed by atoms with Crippen LogP contribution in [0, 0.1) is 0 Å². The SMILES string of the molecule is CC1Oc2ccc(NC(=O)CNC(=O)c3ccccc3)cc2N(Cc2ccccc2Cl)C1=O. The second kappa shape index (κ2) is 9.75. The van der Waals surface area contributed by atoms with Crippen LogP contribution in [0.5, 0.6) is 5.75 Å². The second-order valence-electron chi connectivity index (χ2n) is 7.56. The van der Waals surface area contributed by atoms with Gasteiger partial charge >= 0.3 is 0 Å². The molecule has 1 aliphatic rings. The number of nitrogens with one attached hydrogen (secondary N) is 2. The third kappa shape index (κ3) is 5.15. The fraction of sp³-hybridized carbons (Fsp3) is 0.160. The average molecular weight is 464 g/mol. The number of halogens is 1. The predicted octanol–water partition coefficient (Wildman–Crippen LogP) is 4.02. The van der Waals surface area contributed by atoms with E-state index < -0.39 is 12.0 Å². The number of carbonyl (C=O) groups is 3. The molecule has 0 radical (unpaired) electrons. The molecule has 0 saturated heterocycles. The van der Waals surface area contributed by atoms with Gasteiger partial charge in [-0.2, -0.15) is 0 Å². The highest BCUT2D eigenvalue weighted by Gasteiger charge is 2.32. The number of rotatable bonds is 6. The van der Waals surface area contributed by atoms with Gasteiger partial charge in [0.2, 0.25) is 5.91 Å². The van der Waals surface area contributed by atoms with Gasteiger partial charge in [0, 0.05) is 16.3 Å². The van der Waals surface area contributed by atoms with Crippen molar-refractivity contribution in [3.8, 4) is 5.75 Å². The van der Waals surface area contributed by atoms with Crippen molar-refractivity contribution < 1.29 is 19.1 Å². The Morgan fingerprint density at radius 1 is 1.03 bits per heavy atom. The maximum absolute atomic E-state index is 12.9. The average Bonchev–Trinajstić information content (AvgIpc) is 2.82. The molecular formula is C25H22ClN3O4. The number of hydrogen-bond donors (Lipinski definition) is 2. The maximum atomic E-state index is 12.9. The predicted molar refractivity (Wildman–Crippen MR) is 127 cm³/mol. The van der Waals surface area contributed by atoms with Crippen molar-refractivity contribution in [3.05, 3.63) is 88.9 Å². The third-order valence-corrected chi connectivity index (χ3v) is 5.55. The molecule has 0 aliphatic carbocycles. The van der Waals surface area contributed by atoms with E-state index in [9.17, 15) is 14.4 Å². The topological polar surface area (TPSA) is 87.7 Å². The van der Waals surface area contributed by atoms with Crippen molar-refractivity contribution in [3.63, 3.8) is 0 Å². The Bertz CT molecular complexity index is 1200. The Balaban J connectivity index is 1.48. The van der Waals surface area contributed by atoms with Crippen LogP contribution in [-0.4, -0.2) is 30.4 Å². The largest absolute Gasteiger partial charge is 0.479 e. The van der Waals surface area contributed by atoms with Crippen molar-refractivity contribution in [1.82, 2.24) is 5.32 Å². The van der Waals surface area contributed by atoms with Crippen molar-refractivity contribution in [2.24, 2.45) is 0 Å². The fourth-order valence-electron chi connectivity index (χ4n) is 3.50. The maximum Gasteiger partial charge on any atom is 0.268 e. The molecule has 1 atom stereocenters. The van der Waals surface area contributed by atoms with Crippen molar-refractivity contribution in [1.29, 1.82) is 0 Å². The summed E-state index contributed by atoms with van der Waals surface area (Å²) in [7, 11) is 0. The van der Waals surface area contributed by atoms with Gasteiger partial charge in [-0.15, -0.1) is 0 Å². The van der Waals surface area contributed by atoms with Gasteiger partial charge in [0.15, 0.2) is 6.10 Å². The molecule has 0 fully saturated rings. The molecule has 1 aliphatic heterocycles. The summed E-state index contributed by atoms with van der Waals surface area (Å²) in [4.78, 5) is 39.0. The molecule has 0 aromatic heterocycles. The molecule has 3 aromatic carbocycles. The third-order valence-electron chi connectivity index (χ3n) is 5.18. The van der Waals surface area contributed by atoms with E-state index >= 15 is 0 Å². The van der Waals surface area contributed by atoms with E-state index in [-0.39, 0.29) is 24.9 Å². The summed E-state index contributed by atoms with van der Waals surface area (Å²) in [5, 5.41) is 5.89. The van der Waals surface area contributed by atoms with Crippen LogP contribution in [0.15, 0.2) is 72.8 Å². The van der Waals surface area contributed by atoms with Gasteiger partial charge in [0.1, 0.15) is 5.75 Å². The molecule has 4 rings (SSSR count). The first kappa shape index (κ1) is 22.4. The number of carbonyl (C=O) groups excluding carboxylic acids is 3. The molecule has 3 aromatic rings. The molecule has 0 bridgehead atoms. The van der Waals surface area contributed by atoms with Crippen LogP contribution in [0.25, 0.3) is 0 Å². The monoisotopic (exact) mass is 463 g/mol. The number of fused-ring (bicyclic) bond motifs is 1. The number of ether oxygens (including phenoxy) is 1. The van der Waals surface area contributed by atoms with Crippen molar-refractivity contribution in [2.75, 3.05) is 16.8 Å². The number of amides is 3. The molecule has 7 nitrogen and oxygen atoms in total. The van der Waals surface area contributed by atoms with E-state index in [0.29, 0.717) is 27.7 Å². The molecule has 168 valence electrons. The Morgan fingerprint density at radius 2 is 1.76 bits per heavy atom. The molecule has 2 N–H and O–H groups in total. The molecule has 3 amide bonds. The minimum Gasteiger partial charge on any atom is -0.479 e. The van der Waals surface area contributed by atoms with Crippen molar-refractivity contribution in [2.45, 2.75) is 19.6 Å². The summed E-state index contributed by atoms with van der Waals surface area (Å²) >= 11 is 6.30. The van der Waals surface area contributed by atoms with Gasteiger partial charge in [-0.1, -0.05) is 48.0 Å². The van der Waals surface area contributed by atoms with Gasteiger partial charge in [-0.3, -0.25) is 14.4 Å². The Morgan fingerprint density at radius 3 is 2.52 bits per heavy atom. The van der Waals surface area contributed by atoms with Gasteiger partial charge in [0.25, 0.3) is 11.8 Å². The number of nitrogens with zero attached hydrogens (tertiary/aromatic N) is 1. The lowest BCUT2D eigenvalue weighted by atomic mass is 10.1. The standard InChI is InChI=1S/C25H22ClN3O4/c1-16-25(32)29(15-18-9-5-6-10-20(18)26)21-13-19(11-12-22(21)33-16)28-23(30)14-27-24(31)17-7-3-2-4-8-17/h2-13,16H,14-15H2,1H3,(H,27,31)(H,28,30). The fourth-order valence-corrected chi connectivity index (χ4v) is 3.70. The lowest BCUT2D eigenvalue weighted by molar-refractivity contribution is -0.125. The van der Waals surface area contributed by atoms with Gasteiger partial charge < -0.3 is 20.3 Å². The normalized spacial score (nSPS) is 14.8. The second-order valence-corrected chi connectivity index (χ2v) is 7.96. The van der Waals surface area contributed by atoms with Crippen LogP contribution in [0.4, 0.5) is 11.4 Å². The van der Waals surface area contributed by atoms with E-state index in [2.05, 4.69) is 10.6 Å². The van der Waals surface area contributed by atoms with Crippen LogP contribution in [0.1, 0.15) is 22.8 Å². The highest BCUT2D eigenvalue weighted by atomic mass is 35.5. The minimum atomic E-state index is -0.645. The summed E-state index contributed by atoms with van der Waals surface area (Å²) in [6.45, 7) is 1.76. The van der Waals surface area contributed by atoms with Crippen LogP contribution in [0.3, 0.4) is 0 Å². The van der Waals surface area contributed by atoms with Gasteiger partial charge in [-0.25, -0.2) is 0 Å². The zero-order valence-corrected chi connectivity index (χ0v) is 18.6. The highest BCUT2D eigenvalue weighted by Crippen LogP contribution is 2.37. The zero-order valence-electron chi connectivity index (χ0n) is 17.9. The number of hydrogen-bond acceptors (Lipinski definition) is 4. The minimum absolute atomic E-state index is 0.194. The Hall–Kier alpha value is -3.84. The van der Waals surface area contributed by atoms with E-state index in [1.54, 1.807) is 60.4 Å². The summed E-state index contributed by atoms with van der Waals surface area (Å²) in [6.07, 6.45) is -0.645. The van der Waals surface area contributed by atoms with Crippen LogP contribution in [0.2, 0.25) is 5.02 Å². The van der Waals surface area contributed by atoms with Crippen molar-refractivity contribution >= 4 is 40.7 Å². The van der Waals surface area contributed by atoms with Gasteiger partial charge in [-0.05, 0) is 48.9 Å². The first-order valence-corrected chi connectivity index (χ1v) is 10.8. The first-order valence-electron chi connectivity index (χ1n) is 10.4. The molecule has 0 spiro atoms. The lowest BCUT2D eigenvalue weighted by Gasteiger charge is -2.33. The molecule has 33 heavy (non-hydrogen) atoms. The van der Waals surface area contributed by atoms with Crippen LogP contribution in [-0.2, 0) is 16.1 Å². The zero-order chi connectivity index (χ0) is 23.4. The molecule has 0 saturated carbocycles. The Kier molecular flexibility index (Phi) is 6.60. The molecule has 8 heteroatoms. The lowest BCUT2D eigenvalue weighted by Crippen LogP contribution is -2.44.